The largest absolute Gasteiger partial charge is 0.497 e. The Labute approximate surface area is 289 Å². The van der Waals surface area contributed by atoms with Gasteiger partial charge in [0.15, 0.2) is 12.3 Å². The summed E-state index contributed by atoms with van der Waals surface area (Å²) in [4.78, 5) is 16.5. The molecule has 0 radical (unpaired) electrons. The van der Waals surface area contributed by atoms with Gasteiger partial charge in [0.1, 0.15) is 37.6 Å². The van der Waals surface area contributed by atoms with Crippen LogP contribution in [0.25, 0.3) is 0 Å². The molecule has 3 aromatic carbocycles. The van der Waals surface area contributed by atoms with E-state index in [1.54, 1.807) is 25.0 Å². The van der Waals surface area contributed by atoms with Crippen molar-refractivity contribution in [3.8, 4) is 17.5 Å². The molecular weight excluding hydrogens is 641 g/mol. The highest BCUT2D eigenvalue weighted by atomic mass is 31.2. The molecule has 5 atom stereocenters. The van der Waals surface area contributed by atoms with Crippen molar-refractivity contribution in [3.05, 3.63) is 118 Å². The Kier molecular flexibility index (Phi) is 10.7. The third-order valence-electron chi connectivity index (χ3n) is 9.07. The van der Waals surface area contributed by atoms with Gasteiger partial charge in [-0.1, -0.05) is 61.5 Å². The van der Waals surface area contributed by atoms with E-state index < -0.39 is 38.4 Å². The van der Waals surface area contributed by atoms with E-state index in [-0.39, 0.29) is 18.2 Å². The summed E-state index contributed by atoms with van der Waals surface area (Å²) in [5.41, 5.74) is 1.34. The van der Waals surface area contributed by atoms with E-state index in [0.29, 0.717) is 12.1 Å². The summed E-state index contributed by atoms with van der Waals surface area (Å²) in [7, 11) is 2.32. The normalized spacial score (nSPS) is 20.7. The van der Waals surface area contributed by atoms with Crippen molar-refractivity contribution in [3.63, 3.8) is 0 Å². The first-order valence-electron chi connectivity index (χ1n) is 16.8. The molecule has 1 saturated heterocycles. The van der Waals surface area contributed by atoms with Crippen molar-refractivity contribution in [1.82, 2.24) is 14.2 Å². The van der Waals surface area contributed by atoms with E-state index in [1.807, 2.05) is 66.7 Å². The number of ether oxygens (including phenoxy) is 5. The number of fused-ring (bicyclic) bond motifs is 4. The molecule has 4 aromatic rings. The van der Waals surface area contributed by atoms with Crippen molar-refractivity contribution < 1.29 is 28.2 Å². The second kappa shape index (κ2) is 15.0. The van der Waals surface area contributed by atoms with Crippen LogP contribution in [0.3, 0.4) is 0 Å². The van der Waals surface area contributed by atoms with Gasteiger partial charge < -0.3 is 28.2 Å². The van der Waals surface area contributed by atoms with Gasteiger partial charge in [-0.3, -0.25) is 14.0 Å². The highest BCUT2D eigenvalue weighted by molar-refractivity contribution is 7.50. The molecule has 10 nitrogen and oxygen atoms in total. The molecule has 0 aliphatic carbocycles. The van der Waals surface area contributed by atoms with Crippen LogP contribution in [0.4, 0.5) is 0 Å². The van der Waals surface area contributed by atoms with Gasteiger partial charge in [0, 0.05) is 30.5 Å². The van der Waals surface area contributed by atoms with E-state index >= 15 is 0 Å². The van der Waals surface area contributed by atoms with Gasteiger partial charge in [-0.25, -0.2) is 0 Å². The van der Waals surface area contributed by atoms with Crippen LogP contribution in [-0.4, -0.2) is 71.6 Å². The van der Waals surface area contributed by atoms with Crippen molar-refractivity contribution in [2.24, 2.45) is 0 Å². The lowest BCUT2D eigenvalue weighted by atomic mass is 9.80. The van der Waals surface area contributed by atoms with Crippen LogP contribution in [0.1, 0.15) is 57.5 Å². The quantitative estimate of drug-likeness (QED) is 0.105. The minimum Gasteiger partial charge on any atom is -0.497 e. The fourth-order valence-electron chi connectivity index (χ4n) is 6.95. The average Bonchev–Trinajstić information content (AvgIpc) is 3.35. The van der Waals surface area contributed by atoms with Crippen molar-refractivity contribution >= 4 is 8.30 Å². The summed E-state index contributed by atoms with van der Waals surface area (Å²) in [5.74, 6) is 1.48. The third kappa shape index (κ3) is 6.85. The maximum Gasteiger partial charge on any atom is 0.302 e. The number of aromatic nitrogens is 2. The van der Waals surface area contributed by atoms with Gasteiger partial charge in [0.2, 0.25) is 0 Å². The van der Waals surface area contributed by atoms with Gasteiger partial charge in [-0.15, -0.1) is 0 Å². The molecule has 2 aliphatic rings. The highest BCUT2D eigenvalue weighted by Crippen LogP contribution is 2.52. The second-order valence-corrected chi connectivity index (χ2v) is 14.7. The molecule has 2 aliphatic heterocycles. The molecule has 2 unspecified atom stereocenters. The standard InChI is InChI=1S/C38H46N3O7P/c1-8-49(41(25(2)3)26(4)5)48-35-34-32(46-36(35)40-23-22-33(42)39-37(40)47-34)24-45-38(27-12-10-9-11-13-27,28-14-18-30(43-6)19-15-28)29-16-20-31(44-7)21-17-29/h9-23,25-26,32,34-36H,8,24H2,1-7H3/t32-,34?,35+,36-,49?/m1/s1. The summed E-state index contributed by atoms with van der Waals surface area (Å²) in [6.07, 6.45) is 0.379. The highest BCUT2D eigenvalue weighted by Gasteiger charge is 2.54. The van der Waals surface area contributed by atoms with E-state index in [1.165, 1.54) is 6.07 Å². The fraction of sp³-hybridized carbons (Fsp3) is 0.421. The molecule has 6 rings (SSSR count). The van der Waals surface area contributed by atoms with Crippen molar-refractivity contribution in [1.29, 1.82) is 0 Å². The minimum atomic E-state index is -1.04. The van der Waals surface area contributed by atoms with Crippen LogP contribution in [0.5, 0.6) is 17.5 Å². The summed E-state index contributed by atoms with van der Waals surface area (Å²) >= 11 is 0. The minimum absolute atomic E-state index is 0.148. The lowest BCUT2D eigenvalue weighted by Gasteiger charge is -2.40. The first kappa shape index (κ1) is 35.1. The Bertz CT molecular complexity index is 1680. The molecule has 1 fully saturated rings. The predicted octanol–water partition coefficient (Wildman–Crippen LogP) is 6.76. The fourth-order valence-corrected chi connectivity index (χ4v) is 9.07. The second-order valence-electron chi connectivity index (χ2n) is 12.7. The van der Waals surface area contributed by atoms with Gasteiger partial charge >= 0.3 is 6.01 Å². The molecule has 260 valence electrons. The molecule has 0 N–H and O–H groups in total. The van der Waals surface area contributed by atoms with Crippen LogP contribution in [-0.2, 0) is 19.6 Å². The topological polar surface area (TPSA) is 93.5 Å². The molecule has 11 heteroatoms. The van der Waals surface area contributed by atoms with E-state index in [2.05, 4.69) is 56.4 Å². The number of benzene rings is 3. The number of hydrogen-bond acceptors (Lipinski definition) is 9. The van der Waals surface area contributed by atoms with Gasteiger partial charge in [0.05, 0.1) is 20.8 Å². The summed E-state index contributed by atoms with van der Waals surface area (Å²) in [5, 5.41) is 0. The smallest absolute Gasteiger partial charge is 0.302 e. The average molecular weight is 688 g/mol. The zero-order chi connectivity index (χ0) is 34.7. The molecule has 0 amide bonds. The van der Waals surface area contributed by atoms with Gasteiger partial charge in [-0.2, -0.15) is 4.98 Å². The Morgan fingerprint density at radius 3 is 1.96 bits per heavy atom. The van der Waals surface area contributed by atoms with Crippen LogP contribution < -0.4 is 19.8 Å². The number of nitrogens with zero attached hydrogens (tertiary/aromatic N) is 3. The van der Waals surface area contributed by atoms with E-state index in [4.69, 9.17) is 28.2 Å². The first-order valence-corrected chi connectivity index (χ1v) is 18.2. The molecule has 2 bridgehead atoms. The van der Waals surface area contributed by atoms with Gasteiger partial charge in [0.25, 0.3) is 5.56 Å². The molecular formula is C38H46N3O7P. The Balaban J connectivity index is 1.40. The van der Waals surface area contributed by atoms with Crippen molar-refractivity contribution in [2.45, 2.75) is 76.8 Å². The summed E-state index contributed by atoms with van der Waals surface area (Å²) in [6, 6.07) is 28.2. The number of hydrogen-bond donors (Lipinski definition) is 0. The zero-order valence-electron chi connectivity index (χ0n) is 29.2. The maximum atomic E-state index is 12.3. The number of methoxy groups -OCH3 is 2. The summed E-state index contributed by atoms with van der Waals surface area (Å²) < 4.78 is 42.7. The Hall–Kier alpha value is -3.79. The zero-order valence-corrected chi connectivity index (χ0v) is 30.1. The SMILES string of the molecule is CCP(O[C@H]1C2Oc3nc(=O)ccn3[C@@H]1O[C@@H]2COC(c1ccccc1)(c1ccc(OC)cc1)c1ccc(OC)cc1)N(C(C)C)C(C)C. The van der Waals surface area contributed by atoms with Crippen LogP contribution in [0.15, 0.2) is 95.9 Å². The van der Waals surface area contributed by atoms with Crippen LogP contribution in [0, 0.1) is 0 Å². The maximum absolute atomic E-state index is 12.3. The van der Waals surface area contributed by atoms with Gasteiger partial charge in [-0.05, 0) is 68.7 Å². The summed E-state index contributed by atoms with van der Waals surface area (Å²) in [6.45, 7) is 11.1. The molecule has 0 spiro atoms. The molecule has 3 heterocycles. The lowest BCUT2D eigenvalue weighted by Crippen LogP contribution is -2.46. The van der Waals surface area contributed by atoms with Crippen LogP contribution in [0.2, 0.25) is 0 Å². The predicted molar refractivity (Wildman–Crippen MR) is 190 cm³/mol. The van der Waals surface area contributed by atoms with E-state index in [9.17, 15) is 4.79 Å². The third-order valence-corrected chi connectivity index (χ3v) is 11.5. The number of rotatable bonds is 14. The first-order chi connectivity index (χ1) is 23.7. The Morgan fingerprint density at radius 2 is 1.43 bits per heavy atom. The monoisotopic (exact) mass is 687 g/mol. The lowest BCUT2D eigenvalue weighted by molar-refractivity contribution is -0.0843. The Morgan fingerprint density at radius 1 is 0.857 bits per heavy atom. The molecule has 0 saturated carbocycles. The van der Waals surface area contributed by atoms with E-state index in [0.717, 1.165) is 34.4 Å². The van der Waals surface area contributed by atoms with Crippen LogP contribution >= 0.6 is 8.30 Å². The van der Waals surface area contributed by atoms with Crippen molar-refractivity contribution in [2.75, 3.05) is 27.0 Å². The molecule has 1 aromatic heterocycles. The molecule has 49 heavy (non-hydrogen) atoms.